The first-order valence-corrected chi connectivity index (χ1v) is 11.2. The molecule has 0 atom stereocenters. The average molecular weight is 429 g/mol. The molecule has 31 heavy (non-hydrogen) atoms. The lowest BCUT2D eigenvalue weighted by Crippen LogP contribution is -2.45. The molecule has 1 fully saturated rings. The van der Waals surface area contributed by atoms with Gasteiger partial charge in [0.05, 0.1) is 20.2 Å². The van der Waals surface area contributed by atoms with Crippen LogP contribution in [0.25, 0.3) is 0 Å². The normalized spacial score (nSPS) is 16.2. The summed E-state index contributed by atoms with van der Waals surface area (Å²) in [6.07, 6.45) is 6.87. The van der Waals surface area contributed by atoms with E-state index < -0.39 is 0 Å². The molecule has 0 amide bonds. The fourth-order valence-electron chi connectivity index (χ4n) is 4.17. The molecule has 170 valence electrons. The lowest BCUT2D eigenvalue weighted by atomic mass is 9.72. The summed E-state index contributed by atoms with van der Waals surface area (Å²) in [6.45, 7) is 4.07. The van der Waals surface area contributed by atoms with Crippen molar-refractivity contribution >= 4 is 5.96 Å². The van der Waals surface area contributed by atoms with Gasteiger partial charge in [-0.05, 0) is 49.3 Å². The third kappa shape index (κ3) is 6.43. The zero-order chi connectivity index (χ0) is 22.1. The van der Waals surface area contributed by atoms with Gasteiger partial charge in [-0.3, -0.25) is 0 Å². The molecule has 8 heteroatoms. The van der Waals surface area contributed by atoms with Gasteiger partial charge in [0.25, 0.3) is 0 Å². The maximum atomic E-state index is 9.63. The van der Waals surface area contributed by atoms with Crippen LogP contribution in [0.5, 0.6) is 5.75 Å². The van der Waals surface area contributed by atoms with Crippen LogP contribution in [0.1, 0.15) is 55.7 Å². The van der Waals surface area contributed by atoms with Crippen molar-refractivity contribution in [1.82, 2.24) is 25.4 Å². The van der Waals surface area contributed by atoms with Gasteiger partial charge in [-0.15, -0.1) is 10.2 Å². The van der Waals surface area contributed by atoms with Crippen molar-refractivity contribution in [3.05, 3.63) is 41.5 Å². The van der Waals surface area contributed by atoms with Crippen LogP contribution in [0.2, 0.25) is 0 Å². The second-order valence-electron chi connectivity index (χ2n) is 8.48. The number of aliphatic imine (C=N–C) groups is 1. The molecular formula is C23H36N6O2. The molecule has 0 saturated heterocycles. The van der Waals surface area contributed by atoms with Gasteiger partial charge >= 0.3 is 0 Å². The van der Waals surface area contributed by atoms with Crippen LogP contribution < -0.4 is 15.4 Å². The van der Waals surface area contributed by atoms with Crippen LogP contribution in [0.4, 0.5) is 0 Å². The minimum atomic E-state index is 0.136. The molecule has 0 spiro atoms. The largest absolute Gasteiger partial charge is 0.497 e. The zero-order valence-electron chi connectivity index (χ0n) is 19.0. The van der Waals surface area contributed by atoms with Crippen LogP contribution >= 0.6 is 0 Å². The highest BCUT2D eigenvalue weighted by atomic mass is 16.5. The van der Waals surface area contributed by atoms with Gasteiger partial charge in [-0.1, -0.05) is 31.4 Å². The van der Waals surface area contributed by atoms with E-state index in [4.69, 9.17) is 9.73 Å². The monoisotopic (exact) mass is 428 g/mol. The van der Waals surface area contributed by atoms with Crippen molar-refractivity contribution < 1.29 is 9.84 Å². The number of aryl methyl sites for hydroxylation is 1. The van der Waals surface area contributed by atoms with Crippen molar-refractivity contribution in [2.24, 2.45) is 17.5 Å². The van der Waals surface area contributed by atoms with Gasteiger partial charge in [0.1, 0.15) is 11.6 Å². The zero-order valence-corrected chi connectivity index (χ0v) is 19.0. The number of methoxy groups -OCH3 is 1. The van der Waals surface area contributed by atoms with Gasteiger partial charge in [0.15, 0.2) is 11.8 Å². The van der Waals surface area contributed by atoms with Crippen molar-refractivity contribution in [2.75, 3.05) is 20.3 Å². The Hall–Kier alpha value is -2.61. The summed E-state index contributed by atoms with van der Waals surface area (Å²) >= 11 is 0. The molecule has 1 heterocycles. The molecule has 1 aromatic carbocycles. The Bertz CT molecular complexity index is 835. The molecule has 0 radical (unpaired) electrons. The van der Waals surface area contributed by atoms with Crippen LogP contribution in [-0.4, -0.2) is 46.1 Å². The SMILES string of the molecule is COc1ccc(CN=C(NCc2nnc(C)n2C)NCC2(CCO)CCCCC2)cc1. The first-order valence-electron chi connectivity index (χ1n) is 11.2. The Morgan fingerprint density at radius 2 is 1.90 bits per heavy atom. The summed E-state index contributed by atoms with van der Waals surface area (Å²) in [5, 5.41) is 25.0. The third-order valence-electron chi connectivity index (χ3n) is 6.36. The molecule has 8 nitrogen and oxygen atoms in total. The van der Waals surface area contributed by atoms with Gasteiger partial charge in [0.2, 0.25) is 0 Å². The third-order valence-corrected chi connectivity index (χ3v) is 6.36. The van der Waals surface area contributed by atoms with Gasteiger partial charge in [0, 0.05) is 20.2 Å². The number of nitrogens with zero attached hydrogens (tertiary/aromatic N) is 4. The molecule has 3 rings (SSSR count). The predicted molar refractivity (Wildman–Crippen MR) is 122 cm³/mol. The minimum Gasteiger partial charge on any atom is -0.497 e. The van der Waals surface area contributed by atoms with Crippen LogP contribution in [0.15, 0.2) is 29.3 Å². The number of aliphatic hydroxyl groups excluding tert-OH is 1. The minimum absolute atomic E-state index is 0.136. The molecule has 3 N–H and O–H groups in total. The van der Waals surface area contributed by atoms with E-state index in [1.54, 1.807) is 7.11 Å². The van der Waals surface area contributed by atoms with E-state index in [0.29, 0.717) is 13.1 Å². The van der Waals surface area contributed by atoms with E-state index in [0.717, 1.165) is 54.7 Å². The maximum absolute atomic E-state index is 9.63. The highest BCUT2D eigenvalue weighted by Crippen LogP contribution is 2.38. The summed E-state index contributed by atoms with van der Waals surface area (Å²) in [5.74, 6) is 3.33. The molecule has 0 unspecified atom stereocenters. The lowest BCUT2D eigenvalue weighted by Gasteiger charge is -2.37. The molecular weight excluding hydrogens is 392 g/mol. The number of ether oxygens (including phenoxy) is 1. The summed E-state index contributed by atoms with van der Waals surface area (Å²) in [6, 6.07) is 7.96. The first-order chi connectivity index (χ1) is 15.0. The van der Waals surface area contributed by atoms with E-state index in [1.807, 2.05) is 42.8 Å². The smallest absolute Gasteiger partial charge is 0.191 e. The van der Waals surface area contributed by atoms with Gasteiger partial charge in [-0.25, -0.2) is 4.99 Å². The van der Waals surface area contributed by atoms with Crippen molar-refractivity contribution in [3.63, 3.8) is 0 Å². The van der Waals surface area contributed by atoms with Crippen LogP contribution in [-0.2, 0) is 20.1 Å². The molecule has 0 bridgehead atoms. The molecule has 1 aliphatic carbocycles. The van der Waals surface area contributed by atoms with Crippen LogP contribution in [0.3, 0.4) is 0 Å². The van der Waals surface area contributed by atoms with Gasteiger partial charge in [-0.2, -0.15) is 0 Å². The summed E-state index contributed by atoms with van der Waals surface area (Å²) in [7, 11) is 3.63. The maximum Gasteiger partial charge on any atom is 0.191 e. The predicted octanol–water partition coefficient (Wildman–Crippen LogP) is 2.70. The Kier molecular flexibility index (Phi) is 8.28. The highest BCUT2D eigenvalue weighted by Gasteiger charge is 2.31. The first kappa shape index (κ1) is 23.1. The Labute approximate surface area is 185 Å². The van der Waals surface area contributed by atoms with Crippen molar-refractivity contribution in [2.45, 2.75) is 58.5 Å². The molecule has 1 aliphatic rings. The highest BCUT2D eigenvalue weighted by molar-refractivity contribution is 5.79. The molecule has 1 saturated carbocycles. The summed E-state index contributed by atoms with van der Waals surface area (Å²) in [5.41, 5.74) is 1.25. The number of aliphatic hydroxyl groups is 1. The number of aromatic nitrogens is 3. The van der Waals surface area contributed by atoms with Crippen molar-refractivity contribution in [3.8, 4) is 5.75 Å². The average Bonchev–Trinajstić information content (AvgIpc) is 3.12. The fourth-order valence-corrected chi connectivity index (χ4v) is 4.17. The Morgan fingerprint density at radius 1 is 1.16 bits per heavy atom. The quantitative estimate of drug-likeness (QED) is 0.420. The molecule has 1 aromatic heterocycles. The second-order valence-corrected chi connectivity index (χ2v) is 8.48. The van der Waals surface area contributed by atoms with E-state index in [1.165, 1.54) is 19.3 Å². The van der Waals surface area contributed by atoms with E-state index in [-0.39, 0.29) is 12.0 Å². The number of benzene rings is 1. The number of nitrogens with one attached hydrogen (secondary N) is 2. The Morgan fingerprint density at radius 3 is 2.52 bits per heavy atom. The number of rotatable bonds is 9. The van der Waals surface area contributed by atoms with Crippen molar-refractivity contribution in [1.29, 1.82) is 0 Å². The number of guanidine groups is 1. The topological polar surface area (TPSA) is 96.6 Å². The van der Waals surface area contributed by atoms with E-state index in [9.17, 15) is 5.11 Å². The van der Waals surface area contributed by atoms with E-state index in [2.05, 4.69) is 20.8 Å². The molecule has 2 aromatic rings. The second kappa shape index (κ2) is 11.1. The summed E-state index contributed by atoms with van der Waals surface area (Å²) in [4.78, 5) is 4.81. The molecule has 0 aliphatic heterocycles. The summed E-state index contributed by atoms with van der Waals surface area (Å²) < 4.78 is 7.21. The lowest BCUT2D eigenvalue weighted by molar-refractivity contribution is 0.131. The number of hydrogen-bond donors (Lipinski definition) is 3. The fraction of sp³-hybridized carbons (Fsp3) is 0.609. The van der Waals surface area contributed by atoms with E-state index >= 15 is 0 Å². The standard InChI is InChI=1S/C23H36N6O2/c1-18-27-28-21(29(18)2)16-25-22(24-15-19-7-9-20(31-3)10-8-19)26-17-23(13-14-30)11-5-4-6-12-23/h7-10,30H,4-6,11-17H2,1-3H3,(H2,24,25,26). The van der Waals surface area contributed by atoms with Crippen LogP contribution in [0, 0.1) is 12.3 Å². The van der Waals surface area contributed by atoms with Gasteiger partial charge < -0.3 is 25.0 Å². The Balaban J connectivity index is 1.69. The number of hydrogen-bond acceptors (Lipinski definition) is 5.